The highest BCUT2D eigenvalue weighted by Gasteiger charge is 2.22. The van der Waals surface area contributed by atoms with E-state index in [9.17, 15) is 0 Å². The number of nitrogens with one attached hydrogen (secondary N) is 1. The summed E-state index contributed by atoms with van der Waals surface area (Å²) in [4.78, 5) is 2.41. The fourth-order valence-corrected chi connectivity index (χ4v) is 2.86. The number of hydrogen-bond donors (Lipinski definition) is 2. The van der Waals surface area contributed by atoms with E-state index in [2.05, 4.69) is 48.3 Å². The van der Waals surface area contributed by atoms with Crippen molar-refractivity contribution < 1.29 is 4.74 Å². The number of anilines is 2. The quantitative estimate of drug-likeness (QED) is 0.759. The third-order valence-electron chi connectivity index (χ3n) is 3.86. The fourth-order valence-electron chi connectivity index (χ4n) is 2.86. The standard InChI is InChI=1S/C17H29N3O/c1-14-12-20(13-15(2)21-14)17-8-6-16(7-9-17)19-11-5-3-4-10-18/h6-9,14-15,19H,3-5,10-13,18H2,1-2H3/t14-,15?/m1/s1. The van der Waals surface area contributed by atoms with E-state index in [1.807, 2.05) is 0 Å². The van der Waals surface area contributed by atoms with Crippen molar-refractivity contribution in [1.29, 1.82) is 0 Å². The second kappa shape index (κ2) is 8.25. The van der Waals surface area contributed by atoms with Crippen molar-refractivity contribution in [2.45, 2.75) is 45.3 Å². The predicted octanol–water partition coefficient (Wildman–Crippen LogP) is 2.84. The van der Waals surface area contributed by atoms with E-state index in [1.54, 1.807) is 0 Å². The lowest BCUT2D eigenvalue weighted by molar-refractivity contribution is -0.00521. The molecule has 1 unspecified atom stereocenters. The molecule has 4 heteroatoms. The molecule has 118 valence electrons. The zero-order valence-electron chi connectivity index (χ0n) is 13.3. The van der Waals surface area contributed by atoms with Crippen LogP contribution < -0.4 is 16.0 Å². The lowest BCUT2D eigenvalue weighted by Crippen LogP contribution is -2.45. The number of benzene rings is 1. The van der Waals surface area contributed by atoms with Crippen LogP contribution >= 0.6 is 0 Å². The molecule has 1 aromatic carbocycles. The number of unbranched alkanes of at least 4 members (excludes halogenated alkanes) is 2. The number of nitrogens with zero attached hydrogens (tertiary/aromatic N) is 1. The van der Waals surface area contributed by atoms with Crippen LogP contribution in [-0.4, -0.2) is 38.4 Å². The summed E-state index contributed by atoms with van der Waals surface area (Å²) in [6, 6.07) is 8.74. The van der Waals surface area contributed by atoms with Gasteiger partial charge >= 0.3 is 0 Å². The minimum absolute atomic E-state index is 0.300. The van der Waals surface area contributed by atoms with Crippen molar-refractivity contribution >= 4 is 11.4 Å². The summed E-state index contributed by atoms with van der Waals surface area (Å²) in [5.74, 6) is 0. The maximum absolute atomic E-state index is 5.78. The molecule has 0 aliphatic carbocycles. The van der Waals surface area contributed by atoms with E-state index in [0.717, 1.165) is 32.6 Å². The van der Waals surface area contributed by atoms with Crippen molar-refractivity contribution in [2.75, 3.05) is 36.4 Å². The van der Waals surface area contributed by atoms with Crippen molar-refractivity contribution in [1.82, 2.24) is 0 Å². The molecular weight excluding hydrogens is 262 g/mol. The number of nitrogens with two attached hydrogens (primary N) is 1. The van der Waals surface area contributed by atoms with Crippen molar-refractivity contribution in [3.63, 3.8) is 0 Å². The SMILES string of the molecule is CC1CN(c2ccc(NCCCCCN)cc2)C[C@@H](C)O1. The van der Waals surface area contributed by atoms with Crippen LogP contribution in [0.1, 0.15) is 33.1 Å². The molecule has 0 amide bonds. The Kier molecular flexibility index (Phi) is 6.33. The second-order valence-electron chi connectivity index (χ2n) is 5.99. The Morgan fingerprint density at radius 1 is 1.10 bits per heavy atom. The molecule has 0 spiro atoms. The van der Waals surface area contributed by atoms with Crippen LogP contribution in [0.5, 0.6) is 0 Å². The Hall–Kier alpha value is -1.26. The van der Waals surface area contributed by atoms with Gasteiger partial charge in [-0.25, -0.2) is 0 Å². The Morgan fingerprint density at radius 2 is 1.76 bits per heavy atom. The lowest BCUT2D eigenvalue weighted by Gasteiger charge is -2.36. The normalized spacial score (nSPS) is 22.3. The van der Waals surface area contributed by atoms with E-state index in [0.29, 0.717) is 12.2 Å². The third-order valence-corrected chi connectivity index (χ3v) is 3.86. The topological polar surface area (TPSA) is 50.5 Å². The van der Waals surface area contributed by atoms with Gasteiger partial charge in [0.1, 0.15) is 0 Å². The number of ether oxygens (including phenoxy) is 1. The van der Waals surface area contributed by atoms with Crippen LogP contribution in [0.15, 0.2) is 24.3 Å². The highest BCUT2D eigenvalue weighted by atomic mass is 16.5. The van der Waals surface area contributed by atoms with E-state index < -0.39 is 0 Å². The molecule has 0 bridgehead atoms. The van der Waals surface area contributed by atoms with Gasteiger partial charge in [0.05, 0.1) is 12.2 Å². The monoisotopic (exact) mass is 291 g/mol. The predicted molar refractivity (Wildman–Crippen MR) is 90.1 cm³/mol. The largest absolute Gasteiger partial charge is 0.385 e. The first-order valence-corrected chi connectivity index (χ1v) is 8.13. The Morgan fingerprint density at radius 3 is 2.38 bits per heavy atom. The molecule has 1 fully saturated rings. The minimum atomic E-state index is 0.300. The Labute approximate surface area is 128 Å². The summed E-state index contributed by atoms with van der Waals surface area (Å²) in [7, 11) is 0. The molecule has 4 nitrogen and oxygen atoms in total. The van der Waals surface area contributed by atoms with Gasteiger partial charge < -0.3 is 20.7 Å². The summed E-state index contributed by atoms with van der Waals surface area (Å²) < 4.78 is 5.78. The van der Waals surface area contributed by atoms with Crippen molar-refractivity contribution in [2.24, 2.45) is 5.73 Å². The summed E-state index contributed by atoms with van der Waals surface area (Å²) in [6.07, 6.45) is 4.10. The van der Waals surface area contributed by atoms with Gasteiger partial charge in [-0.15, -0.1) is 0 Å². The molecule has 3 N–H and O–H groups in total. The van der Waals surface area contributed by atoms with E-state index >= 15 is 0 Å². The van der Waals surface area contributed by atoms with Crippen LogP contribution in [0.2, 0.25) is 0 Å². The first-order valence-electron chi connectivity index (χ1n) is 8.13. The number of morpholine rings is 1. The van der Waals surface area contributed by atoms with Crippen LogP contribution in [0.4, 0.5) is 11.4 Å². The van der Waals surface area contributed by atoms with Gasteiger partial charge in [0.2, 0.25) is 0 Å². The van der Waals surface area contributed by atoms with Gasteiger partial charge in [-0.1, -0.05) is 6.42 Å². The Bertz CT molecular complexity index is 397. The molecule has 0 aromatic heterocycles. The van der Waals surface area contributed by atoms with Gasteiger partial charge in [-0.2, -0.15) is 0 Å². The number of hydrogen-bond acceptors (Lipinski definition) is 4. The molecule has 1 heterocycles. The summed E-state index contributed by atoms with van der Waals surface area (Å²) >= 11 is 0. The van der Waals surface area contributed by atoms with E-state index in [4.69, 9.17) is 10.5 Å². The average molecular weight is 291 g/mol. The number of rotatable bonds is 7. The first kappa shape index (κ1) is 16.1. The highest BCUT2D eigenvalue weighted by molar-refractivity contribution is 5.55. The Balaban J connectivity index is 1.81. The average Bonchev–Trinajstić information content (AvgIpc) is 2.47. The molecule has 21 heavy (non-hydrogen) atoms. The van der Waals surface area contributed by atoms with E-state index in [1.165, 1.54) is 24.2 Å². The van der Waals surface area contributed by atoms with Crippen LogP contribution in [0.3, 0.4) is 0 Å². The maximum atomic E-state index is 5.78. The fraction of sp³-hybridized carbons (Fsp3) is 0.647. The maximum Gasteiger partial charge on any atom is 0.0726 e. The molecule has 2 rings (SSSR count). The molecule has 1 aliphatic rings. The van der Waals surface area contributed by atoms with E-state index in [-0.39, 0.29) is 0 Å². The second-order valence-corrected chi connectivity index (χ2v) is 5.99. The van der Waals surface area contributed by atoms with Crippen LogP contribution in [0.25, 0.3) is 0 Å². The molecule has 1 saturated heterocycles. The van der Waals surface area contributed by atoms with Gasteiger partial charge in [-0.05, 0) is 57.5 Å². The molecule has 1 aliphatic heterocycles. The smallest absolute Gasteiger partial charge is 0.0726 e. The molecule has 0 saturated carbocycles. The summed E-state index contributed by atoms with van der Waals surface area (Å²) in [5.41, 5.74) is 7.97. The minimum Gasteiger partial charge on any atom is -0.385 e. The van der Waals surface area contributed by atoms with Gasteiger partial charge in [0.15, 0.2) is 0 Å². The third kappa shape index (κ3) is 5.21. The zero-order valence-corrected chi connectivity index (χ0v) is 13.3. The lowest BCUT2D eigenvalue weighted by atomic mass is 10.2. The molecule has 1 aromatic rings. The molecule has 0 radical (unpaired) electrons. The summed E-state index contributed by atoms with van der Waals surface area (Å²) in [5, 5.41) is 3.47. The van der Waals surface area contributed by atoms with Crippen LogP contribution in [0, 0.1) is 0 Å². The van der Waals surface area contributed by atoms with Crippen molar-refractivity contribution in [3.05, 3.63) is 24.3 Å². The zero-order chi connectivity index (χ0) is 15.1. The molecular formula is C17H29N3O. The van der Waals surface area contributed by atoms with Gasteiger partial charge in [-0.3, -0.25) is 0 Å². The van der Waals surface area contributed by atoms with Gasteiger partial charge in [0, 0.05) is 31.0 Å². The first-order chi connectivity index (χ1) is 10.2. The summed E-state index contributed by atoms with van der Waals surface area (Å²) in [6.45, 7) is 8.03. The van der Waals surface area contributed by atoms with Gasteiger partial charge in [0.25, 0.3) is 0 Å². The van der Waals surface area contributed by atoms with Crippen molar-refractivity contribution in [3.8, 4) is 0 Å². The highest BCUT2D eigenvalue weighted by Crippen LogP contribution is 2.22. The molecule has 2 atom stereocenters. The van der Waals surface area contributed by atoms with Crippen LogP contribution in [-0.2, 0) is 4.74 Å².